The van der Waals surface area contributed by atoms with E-state index in [4.69, 9.17) is 29.4 Å². The second-order valence-corrected chi connectivity index (χ2v) is 7.66. The Morgan fingerprint density at radius 3 is 1.73 bits per heavy atom. The number of ether oxygens (including phenoxy) is 5. The van der Waals surface area contributed by atoms with Crippen LogP contribution in [0.25, 0.3) is 0 Å². The smallest absolute Gasteiger partial charge is 0.203 e. The van der Waals surface area contributed by atoms with Gasteiger partial charge in [0.05, 0.1) is 40.7 Å². The lowest BCUT2D eigenvalue weighted by atomic mass is 9.92. The molecule has 2 unspecified atom stereocenters. The zero-order valence-electron chi connectivity index (χ0n) is 18.6. The Bertz CT molecular complexity index is 842. The molecule has 2 aromatic carbocycles. The molecule has 2 atom stereocenters. The highest BCUT2D eigenvalue weighted by atomic mass is 16.5. The zero-order chi connectivity index (χ0) is 21.7. The van der Waals surface area contributed by atoms with E-state index < -0.39 is 0 Å². The van der Waals surface area contributed by atoms with Gasteiger partial charge in [-0.15, -0.1) is 0 Å². The van der Waals surface area contributed by atoms with Crippen molar-refractivity contribution < 1.29 is 23.7 Å². The van der Waals surface area contributed by atoms with Crippen LogP contribution in [0.4, 0.5) is 5.69 Å². The highest BCUT2D eigenvalue weighted by Gasteiger charge is 2.30. The summed E-state index contributed by atoms with van der Waals surface area (Å²) in [6.45, 7) is 2.69. The SMILES string of the molecule is CCCOc1c(N)cc(C2CCC(c3cc(OC)c(OC)c(OC)c3)C2)cc1OC. The van der Waals surface area contributed by atoms with Gasteiger partial charge in [-0.1, -0.05) is 6.92 Å². The molecule has 1 fully saturated rings. The van der Waals surface area contributed by atoms with Crippen LogP contribution >= 0.6 is 0 Å². The lowest BCUT2D eigenvalue weighted by Gasteiger charge is -2.19. The Kier molecular flexibility index (Phi) is 7.19. The van der Waals surface area contributed by atoms with Gasteiger partial charge in [-0.3, -0.25) is 0 Å². The quantitative estimate of drug-likeness (QED) is 0.572. The number of hydrogen-bond donors (Lipinski definition) is 1. The van der Waals surface area contributed by atoms with Gasteiger partial charge in [0.15, 0.2) is 23.0 Å². The predicted octanol–water partition coefficient (Wildman–Crippen LogP) is 5.14. The first kappa shape index (κ1) is 21.9. The van der Waals surface area contributed by atoms with E-state index in [0.717, 1.165) is 25.7 Å². The van der Waals surface area contributed by atoms with Crippen LogP contribution in [0, 0.1) is 0 Å². The van der Waals surface area contributed by atoms with Crippen molar-refractivity contribution in [1.29, 1.82) is 0 Å². The number of anilines is 1. The Labute approximate surface area is 179 Å². The molecule has 3 rings (SSSR count). The summed E-state index contributed by atoms with van der Waals surface area (Å²) >= 11 is 0. The second-order valence-electron chi connectivity index (χ2n) is 7.66. The molecule has 0 bridgehead atoms. The van der Waals surface area contributed by atoms with Gasteiger partial charge in [-0.05, 0) is 72.9 Å². The number of methoxy groups -OCH3 is 4. The molecule has 0 saturated heterocycles. The number of nitrogen functional groups attached to an aromatic ring is 1. The summed E-state index contributed by atoms with van der Waals surface area (Å²) in [7, 11) is 6.58. The van der Waals surface area contributed by atoms with E-state index in [-0.39, 0.29) is 0 Å². The number of nitrogens with two attached hydrogens (primary N) is 1. The van der Waals surface area contributed by atoms with Crippen molar-refractivity contribution in [2.24, 2.45) is 0 Å². The maximum atomic E-state index is 6.31. The summed E-state index contributed by atoms with van der Waals surface area (Å²) in [5.41, 5.74) is 9.34. The molecule has 0 radical (unpaired) electrons. The Morgan fingerprint density at radius 1 is 0.767 bits per heavy atom. The maximum absolute atomic E-state index is 6.31. The van der Waals surface area contributed by atoms with Gasteiger partial charge in [-0.2, -0.15) is 0 Å². The van der Waals surface area contributed by atoms with E-state index in [1.54, 1.807) is 28.4 Å². The average Bonchev–Trinajstić information content (AvgIpc) is 3.27. The summed E-state index contributed by atoms with van der Waals surface area (Å²) in [5.74, 6) is 4.17. The van der Waals surface area contributed by atoms with Gasteiger partial charge in [0, 0.05) is 0 Å². The third-order valence-electron chi connectivity index (χ3n) is 5.84. The largest absolute Gasteiger partial charge is 0.493 e. The molecule has 30 heavy (non-hydrogen) atoms. The molecule has 1 aliphatic carbocycles. The van der Waals surface area contributed by atoms with Crippen LogP contribution in [0.3, 0.4) is 0 Å². The molecule has 6 heteroatoms. The van der Waals surface area contributed by atoms with Crippen molar-refractivity contribution in [2.45, 2.75) is 44.4 Å². The summed E-state index contributed by atoms with van der Waals surface area (Å²) < 4.78 is 27.9. The molecule has 1 aliphatic rings. The van der Waals surface area contributed by atoms with Crippen LogP contribution in [0.1, 0.15) is 55.6 Å². The van der Waals surface area contributed by atoms with Gasteiger partial charge in [-0.25, -0.2) is 0 Å². The van der Waals surface area contributed by atoms with Crippen LogP contribution < -0.4 is 29.4 Å². The highest BCUT2D eigenvalue weighted by molar-refractivity contribution is 5.63. The van der Waals surface area contributed by atoms with Crippen molar-refractivity contribution in [1.82, 2.24) is 0 Å². The van der Waals surface area contributed by atoms with Crippen LogP contribution in [0.15, 0.2) is 24.3 Å². The molecule has 0 aliphatic heterocycles. The third-order valence-corrected chi connectivity index (χ3v) is 5.84. The fourth-order valence-electron chi connectivity index (χ4n) is 4.32. The first-order valence-corrected chi connectivity index (χ1v) is 10.5. The molecule has 0 spiro atoms. The minimum absolute atomic E-state index is 0.408. The van der Waals surface area contributed by atoms with Gasteiger partial charge in [0.1, 0.15) is 0 Å². The monoisotopic (exact) mass is 415 g/mol. The third kappa shape index (κ3) is 4.37. The number of benzene rings is 2. The molecule has 0 amide bonds. The molecule has 0 heterocycles. The van der Waals surface area contributed by atoms with Crippen molar-refractivity contribution in [3.63, 3.8) is 0 Å². The highest BCUT2D eigenvalue weighted by Crippen LogP contribution is 2.49. The summed E-state index contributed by atoms with van der Waals surface area (Å²) in [4.78, 5) is 0. The van der Waals surface area contributed by atoms with E-state index in [1.165, 1.54) is 11.1 Å². The minimum atomic E-state index is 0.408. The van der Waals surface area contributed by atoms with Crippen LogP contribution in [0.2, 0.25) is 0 Å². The van der Waals surface area contributed by atoms with Gasteiger partial charge in [0.2, 0.25) is 5.75 Å². The van der Waals surface area contributed by atoms with E-state index in [9.17, 15) is 0 Å². The van der Waals surface area contributed by atoms with Crippen LogP contribution in [-0.2, 0) is 0 Å². The van der Waals surface area contributed by atoms with Crippen molar-refractivity contribution in [3.8, 4) is 28.7 Å². The van der Waals surface area contributed by atoms with Crippen LogP contribution in [0.5, 0.6) is 28.7 Å². The summed E-state index contributed by atoms with van der Waals surface area (Å²) in [5, 5.41) is 0. The van der Waals surface area contributed by atoms with Crippen molar-refractivity contribution in [2.75, 3.05) is 40.8 Å². The second kappa shape index (κ2) is 9.83. The Balaban J connectivity index is 1.84. The van der Waals surface area contributed by atoms with Gasteiger partial charge in [0.25, 0.3) is 0 Å². The molecule has 2 aromatic rings. The van der Waals surface area contributed by atoms with Crippen molar-refractivity contribution in [3.05, 3.63) is 35.4 Å². The molecule has 6 nitrogen and oxygen atoms in total. The van der Waals surface area contributed by atoms with E-state index in [1.807, 2.05) is 6.07 Å². The summed E-state index contributed by atoms with van der Waals surface area (Å²) in [6.07, 6.45) is 4.11. The number of hydrogen-bond acceptors (Lipinski definition) is 6. The molecule has 1 saturated carbocycles. The van der Waals surface area contributed by atoms with Gasteiger partial charge >= 0.3 is 0 Å². The lowest BCUT2D eigenvalue weighted by molar-refractivity contribution is 0.295. The topological polar surface area (TPSA) is 72.2 Å². The first-order valence-electron chi connectivity index (χ1n) is 10.5. The zero-order valence-corrected chi connectivity index (χ0v) is 18.6. The van der Waals surface area contributed by atoms with E-state index in [0.29, 0.717) is 52.9 Å². The first-order chi connectivity index (χ1) is 14.6. The fraction of sp³-hybridized carbons (Fsp3) is 0.500. The normalized spacial score (nSPS) is 18.2. The van der Waals surface area contributed by atoms with Gasteiger partial charge < -0.3 is 29.4 Å². The number of rotatable bonds is 9. The standard InChI is InChI=1S/C24H33NO5/c1-6-9-30-23-19(25)11-17(12-20(23)26-2)15-7-8-16(10-15)18-13-21(27-3)24(29-5)22(14-18)28-4/h11-16H,6-10,25H2,1-5H3. The molecular weight excluding hydrogens is 382 g/mol. The van der Waals surface area contributed by atoms with Crippen LogP contribution in [-0.4, -0.2) is 35.0 Å². The molecule has 0 aromatic heterocycles. The Hall–Kier alpha value is -2.76. The van der Waals surface area contributed by atoms with Crippen molar-refractivity contribution >= 4 is 5.69 Å². The molecular formula is C24H33NO5. The minimum Gasteiger partial charge on any atom is -0.493 e. The maximum Gasteiger partial charge on any atom is 0.203 e. The molecule has 2 N–H and O–H groups in total. The lowest BCUT2D eigenvalue weighted by Crippen LogP contribution is -2.04. The Morgan fingerprint density at radius 2 is 1.27 bits per heavy atom. The van der Waals surface area contributed by atoms with E-state index >= 15 is 0 Å². The molecule has 164 valence electrons. The average molecular weight is 416 g/mol. The fourth-order valence-corrected chi connectivity index (χ4v) is 4.32. The summed E-state index contributed by atoms with van der Waals surface area (Å²) in [6, 6.07) is 8.23. The van der Waals surface area contributed by atoms with E-state index in [2.05, 4.69) is 25.1 Å². The predicted molar refractivity (Wildman–Crippen MR) is 119 cm³/mol.